The fourth-order valence-corrected chi connectivity index (χ4v) is 5.36. The Balaban J connectivity index is 1.38. The first-order valence-corrected chi connectivity index (χ1v) is 14.6. The van der Waals surface area contributed by atoms with Gasteiger partial charge < -0.3 is 15.8 Å². The summed E-state index contributed by atoms with van der Waals surface area (Å²) in [7, 11) is 1.84. The highest BCUT2D eigenvalue weighted by Gasteiger charge is 2.23. The van der Waals surface area contributed by atoms with Gasteiger partial charge in [-0.1, -0.05) is 36.4 Å². The molecular formula is C35H33N7O3. The average molecular weight is 600 g/mol. The maximum Gasteiger partial charge on any atom is 0.274 e. The third-order valence-electron chi connectivity index (χ3n) is 7.43. The quantitative estimate of drug-likeness (QED) is 0.229. The number of pyridine rings is 1. The number of nitrogens with zero attached hydrogens (tertiary/aromatic N) is 5. The number of rotatable bonds is 8. The number of para-hydroxylation sites is 1. The van der Waals surface area contributed by atoms with Gasteiger partial charge in [0, 0.05) is 35.8 Å². The number of carbonyl (C=O) groups excluding carboxylic acids is 1. The minimum Gasteiger partial charge on any atom is -0.491 e. The maximum absolute atomic E-state index is 14.3. The summed E-state index contributed by atoms with van der Waals surface area (Å²) < 4.78 is 9.07. The van der Waals surface area contributed by atoms with Crippen molar-refractivity contribution in [2.24, 2.45) is 7.05 Å². The number of nitrogens with two attached hydrogens (primary N) is 1. The van der Waals surface area contributed by atoms with Crippen LogP contribution >= 0.6 is 0 Å². The van der Waals surface area contributed by atoms with Crippen LogP contribution in [0.3, 0.4) is 0 Å². The van der Waals surface area contributed by atoms with Crippen molar-refractivity contribution in [2.45, 2.75) is 32.9 Å². The molecule has 1 unspecified atom stereocenters. The van der Waals surface area contributed by atoms with E-state index in [1.165, 1.54) is 6.20 Å². The number of amides is 1. The van der Waals surface area contributed by atoms with Crippen LogP contribution in [-0.4, -0.2) is 36.3 Å². The Morgan fingerprint density at radius 2 is 1.69 bits per heavy atom. The van der Waals surface area contributed by atoms with Crippen molar-refractivity contribution in [1.82, 2.24) is 29.6 Å². The Bertz CT molecular complexity index is 2070. The van der Waals surface area contributed by atoms with Crippen LogP contribution in [0.25, 0.3) is 38.8 Å². The zero-order valence-electron chi connectivity index (χ0n) is 25.4. The molecule has 1 amide bonds. The van der Waals surface area contributed by atoms with Crippen LogP contribution in [0, 0.1) is 0 Å². The van der Waals surface area contributed by atoms with E-state index in [9.17, 15) is 9.59 Å². The number of fused-ring (bicyclic) bond motifs is 1. The number of ether oxygens (including phenoxy) is 1. The molecule has 226 valence electrons. The number of anilines is 1. The first kappa shape index (κ1) is 29.3. The van der Waals surface area contributed by atoms with E-state index in [1.54, 1.807) is 15.4 Å². The summed E-state index contributed by atoms with van der Waals surface area (Å²) in [5.74, 6) is 0.227. The highest BCUT2D eigenvalue weighted by Crippen LogP contribution is 2.29. The standard InChI is InChI=1S/C35H33N7O3/c1-21(2)45-27-15-13-23(14-16-27)29-19-37-33(36)32(40-29)34(43)39-22(3)30-17-24-9-8-12-28(25-18-38-41(4)20-25)31(24)35(44)42(30)26-10-6-5-7-11-26/h5-22H,1-4H3,(H2,36,37)(H,39,43). The molecule has 1 atom stereocenters. The summed E-state index contributed by atoms with van der Waals surface area (Å²) in [6.07, 6.45) is 5.20. The molecule has 0 saturated heterocycles. The molecular weight excluding hydrogens is 566 g/mol. The van der Waals surface area contributed by atoms with Crippen LogP contribution in [0.4, 0.5) is 5.82 Å². The Labute approximate surface area is 260 Å². The molecule has 0 spiro atoms. The lowest BCUT2D eigenvalue weighted by molar-refractivity contribution is 0.0934. The molecule has 3 aromatic carbocycles. The van der Waals surface area contributed by atoms with Crippen LogP contribution in [0.1, 0.15) is 43.0 Å². The first-order valence-electron chi connectivity index (χ1n) is 14.6. The monoisotopic (exact) mass is 599 g/mol. The van der Waals surface area contributed by atoms with Crippen molar-refractivity contribution in [1.29, 1.82) is 0 Å². The highest BCUT2D eigenvalue weighted by atomic mass is 16.5. The third-order valence-corrected chi connectivity index (χ3v) is 7.43. The summed E-state index contributed by atoms with van der Waals surface area (Å²) in [5, 5.41) is 8.60. The van der Waals surface area contributed by atoms with Gasteiger partial charge >= 0.3 is 0 Å². The van der Waals surface area contributed by atoms with E-state index < -0.39 is 11.9 Å². The van der Waals surface area contributed by atoms with Gasteiger partial charge in [0.15, 0.2) is 11.5 Å². The molecule has 45 heavy (non-hydrogen) atoms. The van der Waals surface area contributed by atoms with Crippen molar-refractivity contribution in [2.75, 3.05) is 5.73 Å². The van der Waals surface area contributed by atoms with Crippen molar-refractivity contribution >= 4 is 22.5 Å². The molecule has 10 nitrogen and oxygen atoms in total. The van der Waals surface area contributed by atoms with Gasteiger partial charge in [0.2, 0.25) is 0 Å². The molecule has 0 aliphatic rings. The zero-order chi connectivity index (χ0) is 31.7. The van der Waals surface area contributed by atoms with Crippen molar-refractivity contribution in [3.05, 3.63) is 119 Å². The molecule has 6 aromatic rings. The van der Waals surface area contributed by atoms with Crippen molar-refractivity contribution < 1.29 is 9.53 Å². The summed E-state index contributed by atoms with van der Waals surface area (Å²) in [6, 6.07) is 23.8. The van der Waals surface area contributed by atoms with E-state index in [4.69, 9.17) is 10.5 Å². The Kier molecular flexibility index (Phi) is 7.87. The van der Waals surface area contributed by atoms with Gasteiger partial charge in [0.1, 0.15) is 5.75 Å². The summed E-state index contributed by atoms with van der Waals surface area (Å²) in [5.41, 5.74) is 10.1. The molecule has 0 aliphatic carbocycles. The van der Waals surface area contributed by atoms with Crippen LogP contribution in [0.15, 0.2) is 102 Å². The predicted octanol–water partition coefficient (Wildman–Crippen LogP) is 5.71. The van der Waals surface area contributed by atoms with Crippen LogP contribution in [0.5, 0.6) is 5.75 Å². The van der Waals surface area contributed by atoms with E-state index >= 15 is 0 Å². The number of carbonyl (C=O) groups is 1. The molecule has 0 bridgehead atoms. The predicted molar refractivity (Wildman–Crippen MR) is 175 cm³/mol. The fraction of sp³-hybridized carbons (Fsp3) is 0.171. The van der Waals surface area contributed by atoms with E-state index in [-0.39, 0.29) is 23.2 Å². The Hall–Kier alpha value is -5.77. The molecule has 3 heterocycles. The van der Waals surface area contributed by atoms with Crippen molar-refractivity contribution in [3.8, 4) is 33.8 Å². The minimum atomic E-state index is -0.603. The minimum absolute atomic E-state index is 0.00304. The summed E-state index contributed by atoms with van der Waals surface area (Å²) >= 11 is 0. The average Bonchev–Trinajstić information content (AvgIpc) is 3.47. The van der Waals surface area contributed by atoms with E-state index in [2.05, 4.69) is 20.4 Å². The van der Waals surface area contributed by atoms with Gasteiger partial charge in [-0.2, -0.15) is 5.10 Å². The molecule has 0 aliphatic heterocycles. The van der Waals surface area contributed by atoms with Crippen molar-refractivity contribution in [3.63, 3.8) is 0 Å². The lowest BCUT2D eigenvalue weighted by Gasteiger charge is -2.21. The van der Waals surface area contributed by atoms with E-state index in [1.807, 2.05) is 113 Å². The number of benzene rings is 3. The molecule has 3 N–H and O–H groups in total. The van der Waals surface area contributed by atoms with E-state index in [0.29, 0.717) is 22.5 Å². The number of nitrogens with one attached hydrogen (secondary N) is 1. The number of aryl methyl sites for hydroxylation is 1. The van der Waals surface area contributed by atoms with Gasteiger partial charge in [-0.25, -0.2) is 9.97 Å². The normalized spacial score (nSPS) is 11.9. The van der Waals surface area contributed by atoms with Gasteiger partial charge in [0.25, 0.3) is 11.5 Å². The van der Waals surface area contributed by atoms with E-state index in [0.717, 1.165) is 27.8 Å². The largest absolute Gasteiger partial charge is 0.491 e. The van der Waals surface area contributed by atoms with Crippen LogP contribution in [-0.2, 0) is 7.05 Å². The number of aromatic nitrogens is 5. The molecule has 3 aromatic heterocycles. The summed E-state index contributed by atoms with van der Waals surface area (Å²) in [6.45, 7) is 5.74. The second kappa shape index (κ2) is 12.1. The van der Waals surface area contributed by atoms with Gasteiger partial charge in [0.05, 0.1) is 35.6 Å². The summed E-state index contributed by atoms with van der Waals surface area (Å²) in [4.78, 5) is 36.8. The zero-order valence-corrected chi connectivity index (χ0v) is 25.4. The smallest absolute Gasteiger partial charge is 0.274 e. The second-order valence-corrected chi connectivity index (χ2v) is 11.1. The van der Waals surface area contributed by atoms with Crippen LogP contribution in [0.2, 0.25) is 0 Å². The molecule has 6 rings (SSSR count). The topological polar surface area (TPSA) is 130 Å². The van der Waals surface area contributed by atoms with Crippen LogP contribution < -0.4 is 21.3 Å². The third kappa shape index (κ3) is 5.90. The lowest BCUT2D eigenvalue weighted by atomic mass is 9.99. The lowest BCUT2D eigenvalue weighted by Crippen LogP contribution is -2.33. The second-order valence-electron chi connectivity index (χ2n) is 11.1. The molecule has 10 heteroatoms. The maximum atomic E-state index is 14.3. The van der Waals surface area contributed by atoms with Gasteiger partial charge in [-0.05, 0) is 74.2 Å². The number of hydrogen-bond donors (Lipinski definition) is 2. The molecule has 0 radical (unpaired) electrons. The highest BCUT2D eigenvalue weighted by molar-refractivity contribution is 5.98. The van der Waals surface area contributed by atoms with Gasteiger partial charge in [-0.15, -0.1) is 0 Å². The fourth-order valence-electron chi connectivity index (χ4n) is 5.36. The number of nitrogen functional groups attached to an aromatic ring is 1. The molecule has 0 saturated carbocycles. The number of hydrogen-bond acceptors (Lipinski definition) is 7. The SMILES string of the molecule is CC(C)Oc1ccc(-c2cnc(N)c(C(=O)NC(C)c3cc4cccc(-c5cnn(C)c5)c4c(=O)n3-c3ccccc3)n2)cc1. The van der Waals surface area contributed by atoms with Gasteiger partial charge in [-0.3, -0.25) is 18.8 Å². The molecule has 0 fully saturated rings. The Morgan fingerprint density at radius 1 is 0.933 bits per heavy atom. The Morgan fingerprint density at radius 3 is 2.38 bits per heavy atom. The first-order chi connectivity index (χ1) is 21.7.